The number of nitrogens with two attached hydrogens (primary N) is 1. The molecule has 2 aromatic rings. The van der Waals surface area contributed by atoms with Gasteiger partial charge in [-0.2, -0.15) is 0 Å². The molecule has 0 fully saturated rings. The number of amides is 1. The quantitative estimate of drug-likeness (QED) is 0.694. The Hall–Kier alpha value is -2.30. The Kier molecular flexibility index (Phi) is 5.52. The molecule has 0 saturated heterocycles. The smallest absolute Gasteiger partial charge is 0.289 e. The molecular weight excluding hydrogens is 268 g/mol. The van der Waals surface area contributed by atoms with E-state index in [1.807, 2.05) is 44.5 Å². The molecule has 0 saturated carbocycles. The van der Waals surface area contributed by atoms with Crippen molar-refractivity contribution in [2.45, 2.75) is 27.7 Å². The highest BCUT2D eigenvalue weighted by molar-refractivity contribution is 6.45. The van der Waals surface area contributed by atoms with Crippen molar-refractivity contribution < 1.29 is 14.3 Å². The summed E-state index contributed by atoms with van der Waals surface area (Å²) in [5.74, 6) is -1.05. The van der Waals surface area contributed by atoms with E-state index in [1.165, 1.54) is 0 Å². The van der Waals surface area contributed by atoms with Gasteiger partial charge in [-0.05, 0) is 26.0 Å². The highest BCUT2D eigenvalue weighted by Crippen LogP contribution is 2.33. The molecule has 0 aliphatic carbocycles. The molecule has 1 amide bonds. The number of nitrogens with zero attached hydrogens (tertiary/aromatic N) is 1. The largest absolute Gasteiger partial charge is 0.493 e. The molecule has 0 spiro atoms. The number of ketones is 1. The van der Waals surface area contributed by atoms with Crippen LogP contribution in [0.5, 0.6) is 5.75 Å². The molecule has 5 heteroatoms. The number of aryl methyl sites for hydroxylation is 1. The first-order chi connectivity index (χ1) is 9.99. The third kappa shape index (κ3) is 2.91. The standard InChI is InChI=1S/C14H16N2O3.C2H6/c1-4-19-10-7-5-6-9-12(10)11(8(2)16(9)3)13(17)14(15)18;1-2/h5-7H,4H2,1-3H3,(H2,15,18);1-2H3. The molecule has 0 aliphatic rings. The van der Waals surface area contributed by atoms with Gasteiger partial charge in [-0.15, -0.1) is 0 Å². The van der Waals surface area contributed by atoms with E-state index in [2.05, 4.69) is 0 Å². The number of rotatable bonds is 4. The summed E-state index contributed by atoms with van der Waals surface area (Å²) in [4.78, 5) is 23.2. The molecule has 2 rings (SSSR count). The zero-order chi connectivity index (χ0) is 16.2. The van der Waals surface area contributed by atoms with E-state index in [1.54, 1.807) is 13.0 Å². The predicted octanol–water partition coefficient (Wildman–Crippen LogP) is 2.58. The molecule has 0 aliphatic heterocycles. The molecule has 1 heterocycles. The van der Waals surface area contributed by atoms with Crippen LogP contribution in [0, 0.1) is 6.92 Å². The van der Waals surface area contributed by atoms with Crippen molar-refractivity contribution >= 4 is 22.6 Å². The minimum absolute atomic E-state index is 0.328. The Balaban J connectivity index is 0.00000106. The van der Waals surface area contributed by atoms with Crippen molar-refractivity contribution in [3.05, 3.63) is 29.5 Å². The van der Waals surface area contributed by atoms with Crippen molar-refractivity contribution in [2.75, 3.05) is 6.61 Å². The lowest BCUT2D eigenvalue weighted by atomic mass is 10.1. The van der Waals surface area contributed by atoms with Gasteiger partial charge in [-0.1, -0.05) is 19.9 Å². The van der Waals surface area contributed by atoms with Crippen LogP contribution in [-0.4, -0.2) is 22.9 Å². The van der Waals surface area contributed by atoms with Crippen molar-refractivity contribution in [3.63, 3.8) is 0 Å². The summed E-state index contributed by atoms with van der Waals surface area (Å²) in [6, 6.07) is 5.51. The second-order valence-corrected chi connectivity index (χ2v) is 4.30. The van der Waals surface area contributed by atoms with E-state index in [4.69, 9.17) is 10.5 Å². The first-order valence-corrected chi connectivity index (χ1v) is 7.04. The fourth-order valence-electron chi connectivity index (χ4n) is 2.26. The number of carbonyl (C=O) groups excluding carboxylic acids is 2. The van der Waals surface area contributed by atoms with E-state index in [0.29, 0.717) is 29.0 Å². The summed E-state index contributed by atoms with van der Waals surface area (Å²) in [6.07, 6.45) is 0. The van der Waals surface area contributed by atoms with Gasteiger partial charge < -0.3 is 15.0 Å². The van der Waals surface area contributed by atoms with Crippen LogP contribution in [0.1, 0.15) is 36.8 Å². The first-order valence-electron chi connectivity index (χ1n) is 7.04. The lowest BCUT2D eigenvalue weighted by Crippen LogP contribution is -2.23. The highest BCUT2D eigenvalue weighted by Gasteiger charge is 2.24. The van der Waals surface area contributed by atoms with Crippen molar-refractivity contribution in [1.29, 1.82) is 0 Å². The van der Waals surface area contributed by atoms with Crippen LogP contribution in [0.3, 0.4) is 0 Å². The monoisotopic (exact) mass is 290 g/mol. The number of hydrogen-bond acceptors (Lipinski definition) is 3. The molecule has 1 aromatic heterocycles. The molecule has 5 nitrogen and oxygen atoms in total. The molecule has 0 atom stereocenters. The van der Waals surface area contributed by atoms with Gasteiger partial charge in [-0.25, -0.2) is 0 Å². The maximum atomic E-state index is 12.0. The molecule has 1 aromatic carbocycles. The fourth-order valence-corrected chi connectivity index (χ4v) is 2.26. The van der Waals surface area contributed by atoms with Crippen LogP contribution in [0.15, 0.2) is 18.2 Å². The minimum atomic E-state index is -0.957. The Labute approximate surface area is 124 Å². The zero-order valence-corrected chi connectivity index (χ0v) is 13.2. The van der Waals surface area contributed by atoms with Gasteiger partial charge in [0.15, 0.2) is 0 Å². The predicted molar refractivity (Wildman–Crippen MR) is 83.7 cm³/mol. The number of carbonyl (C=O) groups is 2. The Bertz CT molecular complexity index is 672. The van der Waals surface area contributed by atoms with Gasteiger partial charge in [0.05, 0.1) is 23.1 Å². The van der Waals surface area contributed by atoms with E-state index < -0.39 is 11.7 Å². The van der Waals surface area contributed by atoms with E-state index in [9.17, 15) is 9.59 Å². The summed E-state index contributed by atoms with van der Waals surface area (Å²) in [5, 5.41) is 0.646. The lowest BCUT2D eigenvalue weighted by molar-refractivity contribution is -0.114. The zero-order valence-electron chi connectivity index (χ0n) is 13.2. The molecule has 114 valence electrons. The van der Waals surface area contributed by atoms with E-state index >= 15 is 0 Å². The second kappa shape index (κ2) is 6.92. The van der Waals surface area contributed by atoms with E-state index in [-0.39, 0.29) is 0 Å². The van der Waals surface area contributed by atoms with Crippen molar-refractivity contribution in [2.24, 2.45) is 12.8 Å². The Morgan fingerprint density at radius 3 is 2.43 bits per heavy atom. The molecular formula is C16H22N2O3. The van der Waals surface area contributed by atoms with Crippen LogP contribution in [0.25, 0.3) is 10.9 Å². The van der Waals surface area contributed by atoms with E-state index in [0.717, 1.165) is 5.52 Å². The Morgan fingerprint density at radius 2 is 1.90 bits per heavy atom. The number of hydrogen-bond donors (Lipinski definition) is 1. The minimum Gasteiger partial charge on any atom is -0.493 e. The van der Waals surface area contributed by atoms with Gasteiger partial charge in [-0.3, -0.25) is 9.59 Å². The van der Waals surface area contributed by atoms with Crippen molar-refractivity contribution in [1.82, 2.24) is 4.57 Å². The fraction of sp³-hybridized carbons (Fsp3) is 0.375. The number of benzene rings is 1. The number of ether oxygens (including phenoxy) is 1. The third-order valence-electron chi connectivity index (χ3n) is 3.23. The summed E-state index contributed by atoms with van der Waals surface area (Å²) in [6.45, 7) is 8.13. The Morgan fingerprint density at radius 1 is 1.29 bits per heavy atom. The van der Waals surface area contributed by atoms with Gasteiger partial charge in [0, 0.05) is 12.7 Å². The molecule has 21 heavy (non-hydrogen) atoms. The SMILES string of the molecule is CC.CCOc1cccc2c1c(C(=O)C(N)=O)c(C)n2C. The maximum Gasteiger partial charge on any atom is 0.289 e. The average Bonchev–Trinajstić information content (AvgIpc) is 2.74. The number of fused-ring (bicyclic) bond motifs is 1. The second-order valence-electron chi connectivity index (χ2n) is 4.30. The van der Waals surface area contributed by atoms with Gasteiger partial charge in [0.1, 0.15) is 5.75 Å². The average molecular weight is 290 g/mol. The summed E-state index contributed by atoms with van der Waals surface area (Å²) >= 11 is 0. The molecule has 0 bridgehead atoms. The van der Waals surface area contributed by atoms with Crippen LogP contribution in [0.4, 0.5) is 0 Å². The normalized spacial score (nSPS) is 9.95. The van der Waals surface area contributed by atoms with Gasteiger partial charge >= 0.3 is 0 Å². The van der Waals surface area contributed by atoms with Crippen LogP contribution < -0.4 is 10.5 Å². The first kappa shape index (κ1) is 16.8. The summed E-state index contributed by atoms with van der Waals surface area (Å²) in [7, 11) is 1.84. The molecule has 0 radical (unpaired) electrons. The number of aromatic nitrogens is 1. The summed E-state index contributed by atoms with van der Waals surface area (Å²) < 4.78 is 7.40. The van der Waals surface area contributed by atoms with Crippen molar-refractivity contribution in [3.8, 4) is 5.75 Å². The highest BCUT2D eigenvalue weighted by atomic mass is 16.5. The molecule has 0 unspecified atom stereocenters. The number of Topliss-reactive ketones (excluding diaryl/α,β-unsaturated/α-hetero) is 1. The summed E-state index contributed by atoms with van der Waals surface area (Å²) in [5.41, 5.74) is 6.99. The van der Waals surface area contributed by atoms with Gasteiger partial charge in [0.2, 0.25) is 0 Å². The van der Waals surface area contributed by atoms with Gasteiger partial charge in [0.25, 0.3) is 11.7 Å². The topological polar surface area (TPSA) is 74.3 Å². The van der Waals surface area contributed by atoms with Crippen LogP contribution >= 0.6 is 0 Å². The van der Waals surface area contributed by atoms with Crippen LogP contribution in [-0.2, 0) is 11.8 Å². The van der Waals surface area contributed by atoms with Crippen LogP contribution in [0.2, 0.25) is 0 Å². The molecule has 2 N–H and O–H groups in total. The number of primary amides is 1. The third-order valence-corrected chi connectivity index (χ3v) is 3.23. The maximum absolute atomic E-state index is 12.0. The lowest BCUT2D eigenvalue weighted by Gasteiger charge is -2.06.